The van der Waals surface area contributed by atoms with E-state index in [9.17, 15) is 9.59 Å². The number of likely N-dealkylation sites (tertiary alicyclic amines) is 1. The molecular formula is C24H25ClN2O6. The Balaban J connectivity index is 1.66. The van der Waals surface area contributed by atoms with E-state index in [0.29, 0.717) is 55.2 Å². The summed E-state index contributed by atoms with van der Waals surface area (Å²) >= 11 is 6.23. The summed E-state index contributed by atoms with van der Waals surface area (Å²) in [7, 11) is 3.05. The molecule has 0 aliphatic carbocycles. The minimum Gasteiger partial charge on any atom is -0.497 e. The van der Waals surface area contributed by atoms with E-state index >= 15 is 0 Å². The molecule has 9 heteroatoms. The molecule has 2 aromatic rings. The first kappa shape index (κ1) is 24.2. The number of halogens is 1. The largest absolute Gasteiger partial charge is 0.497 e. The topological polar surface area (TPSA) is 98.1 Å². The number of amides is 1. The molecule has 0 spiro atoms. The smallest absolute Gasteiger partial charge is 0.314 e. The van der Waals surface area contributed by atoms with Gasteiger partial charge in [0.1, 0.15) is 11.5 Å². The van der Waals surface area contributed by atoms with Crippen LogP contribution in [0.5, 0.6) is 23.0 Å². The maximum Gasteiger partial charge on any atom is 0.314 e. The van der Waals surface area contributed by atoms with Crippen molar-refractivity contribution >= 4 is 23.5 Å². The van der Waals surface area contributed by atoms with Crippen molar-refractivity contribution in [3.05, 3.63) is 46.5 Å². The van der Waals surface area contributed by atoms with Crippen molar-refractivity contribution in [1.29, 1.82) is 5.26 Å². The van der Waals surface area contributed by atoms with Crippen molar-refractivity contribution in [2.75, 3.05) is 33.9 Å². The fraction of sp³-hybridized carbons (Fsp3) is 0.375. The monoisotopic (exact) mass is 472 g/mol. The highest BCUT2D eigenvalue weighted by molar-refractivity contribution is 6.32. The highest BCUT2D eigenvalue weighted by Crippen LogP contribution is 2.37. The molecule has 0 bridgehead atoms. The number of carbonyl (C=O) groups excluding carboxylic acids is 2. The number of esters is 1. The molecule has 0 aromatic heterocycles. The average molecular weight is 473 g/mol. The number of benzene rings is 2. The average Bonchev–Trinajstić information content (AvgIpc) is 2.85. The van der Waals surface area contributed by atoms with Crippen LogP contribution in [0.25, 0.3) is 0 Å². The third kappa shape index (κ3) is 5.68. The second-order valence-corrected chi connectivity index (χ2v) is 7.83. The third-order valence-electron chi connectivity index (χ3n) is 5.36. The molecule has 174 valence electrons. The molecule has 1 aliphatic heterocycles. The number of rotatable bonds is 7. The van der Waals surface area contributed by atoms with E-state index in [0.717, 1.165) is 0 Å². The van der Waals surface area contributed by atoms with Gasteiger partial charge in [0.05, 0.1) is 43.4 Å². The zero-order valence-corrected chi connectivity index (χ0v) is 19.5. The molecule has 1 aliphatic rings. The predicted molar refractivity (Wildman–Crippen MR) is 121 cm³/mol. The number of methoxy groups -OCH3 is 2. The molecule has 3 rings (SSSR count). The van der Waals surface area contributed by atoms with Crippen molar-refractivity contribution in [3.63, 3.8) is 0 Å². The van der Waals surface area contributed by atoms with Crippen molar-refractivity contribution < 1.29 is 28.5 Å². The Morgan fingerprint density at radius 1 is 1.09 bits per heavy atom. The molecular weight excluding hydrogens is 448 g/mol. The lowest BCUT2D eigenvalue weighted by Crippen LogP contribution is -2.41. The highest BCUT2D eigenvalue weighted by atomic mass is 35.5. The van der Waals surface area contributed by atoms with Gasteiger partial charge in [-0.05, 0) is 38.0 Å². The van der Waals surface area contributed by atoms with Gasteiger partial charge in [0, 0.05) is 30.8 Å². The number of ether oxygens (including phenoxy) is 4. The van der Waals surface area contributed by atoms with Crippen LogP contribution in [0.2, 0.25) is 5.02 Å². The van der Waals surface area contributed by atoms with Crippen molar-refractivity contribution in [3.8, 4) is 29.1 Å². The maximum atomic E-state index is 13.0. The first-order valence-corrected chi connectivity index (χ1v) is 10.9. The molecule has 1 saturated heterocycles. The lowest BCUT2D eigenvalue weighted by molar-refractivity contribution is -0.140. The molecule has 33 heavy (non-hydrogen) atoms. The van der Waals surface area contributed by atoms with Gasteiger partial charge in [-0.2, -0.15) is 5.26 Å². The van der Waals surface area contributed by atoms with Gasteiger partial charge in [-0.3, -0.25) is 9.59 Å². The maximum absolute atomic E-state index is 13.0. The van der Waals surface area contributed by atoms with Crippen molar-refractivity contribution in [2.24, 2.45) is 5.92 Å². The second-order valence-electron chi connectivity index (χ2n) is 7.42. The zero-order chi connectivity index (χ0) is 24.0. The molecule has 1 amide bonds. The Hall–Kier alpha value is -3.44. The summed E-state index contributed by atoms with van der Waals surface area (Å²) in [5.41, 5.74) is 0.766. The van der Waals surface area contributed by atoms with Crippen LogP contribution in [0.1, 0.15) is 35.7 Å². The van der Waals surface area contributed by atoms with Crippen molar-refractivity contribution in [1.82, 2.24) is 4.90 Å². The Kier molecular flexibility index (Phi) is 8.01. The van der Waals surface area contributed by atoms with E-state index < -0.39 is 11.9 Å². The van der Waals surface area contributed by atoms with Gasteiger partial charge in [-0.25, -0.2) is 0 Å². The van der Waals surface area contributed by atoms with Gasteiger partial charge < -0.3 is 23.8 Å². The molecule has 0 saturated carbocycles. The minimum absolute atomic E-state index is 0.101. The summed E-state index contributed by atoms with van der Waals surface area (Å²) in [5, 5.41) is 9.25. The summed E-state index contributed by atoms with van der Waals surface area (Å²) in [4.78, 5) is 27.5. The summed E-state index contributed by atoms with van der Waals surface area (Å²) in [6, 6.07) is 9.93. The zero-order valence-electron chi connectivity index (χ0n) is 18.7. The van der Waals surface area contributed by atoms with Gasteiger partial charge in [-0.15, -0.1) is 0 Å². The molecule has 0 unspecified atom stereocenters. The number of carbonyl (C=O) groups is 2. The molecule has 8 nitrogen and oxygen atoms in total. The number of nitriles is 1. The summed E-state index contributed by atoms with van der Waals surface area (Å²) in [6.07, 6.45) is 0.896. The van der Waals surface area contributed by atoms with Crippen LogP contribution < -0.4 is 18.9 Å². The van der Waals surface area contributed by atoms with Crippen LogP contribution in [0.4, 0.5) is 0 Å². The molecule has 2 aromatic carbocycles. The number of hydrogen-bond donors (Lipinski definition) is 0. The SMILES string of the molecule is CCOc1cc(C#N)cc(Cl)c1OC(=O)C1CCN(C(=O)c2cc(OC)cc(OC)c2)CC1. The minimum atomic E-state index is -0.447. The molecule has 0 radical (unpaired) electrons. The van der Waals surface area contributed by atoms with Gasteiger partial charge in [0.15, 0.2) is 11.5 Å². The predicted octanol–water partition coefficient (Wildman–Crippen LogP) is 4.09. The van der Waals surface area contributed by atoms with Crippen LogP contribution in [0, 0.1) is 17.2 Å². The van der Waals surface area contributed by atoms with Crippen LogP contribution in [-0.2, 0) is 4.79 Å². The third-order valence-corrected chi connectivity index (χ3v) is 5.64. The van der Waals surface area contributed by atoms with Gasteiger partial charge >= 0.3 is 5.97 Å². The Morgan fingerprint density at radius 2 is 1.73 bits per heavy atom. The van der Waals surface area contributed by atoms with Gasteiger partial charge in [0.2, 0.25) is 0 Å². The summed E-state index contributed by atoms with van der Waals surface area (Å²) in [6.45, 7) is 2.91. The molecule has 1 fully saturated rings. The van der Waals surface area contributed by atoms with E-state index in [4.69, 9.17) is 35.8 Å². The molecule has 0 N–H and O–H groups in total. The first-order chi connectivity index (χ1) is 15.9. The fourth-order valence-electron chi connectivity index (χ4n) is 3.61. The van der Waals surface area contributed by atoms with Crippen molar-refractivity contribution in [2.45, 2.75) is 19.8 Å². The number of piperidine rings is 1. The second kappa shape index (κ2) is 10.9. The standard InChI is InChI=1S/C24H25ClN2O6/c1-4-32-21-10-15(14-26)9-20(25)22(21)33-24(29)16-5-7-27(8-6-16)23(28)17-11-18(30-2)13-19(12-17)31-3/h9-13,16H,4-8H2,1-3H3. The normalized spacial score (nSPS) is 13.7. The highest BCUT2D eigenvalue weighted by Gasteiger charge is 2.30. The van der Waals surface area contributed by atoms with Crippen LogP contribution >= 0.6 is 11.6 Å². The fourth-order valence-corrected chi connectivity index (χ4v) is 3.86. The summed E-state index contributed by atoms with van der Waals surface area (Å²) < 4.78 is 21.5. The lowest BCUT2D eigenvalue weighted by atomic mass is 9.96. The van der Waals surface area contributed by atoms with Gasteiger partial charge in [0.25, 0.3) is 5.91 Å². The van der Waals surface area contributed by atoms with Gasteiger partial charge in [-0.1, -0.05) is 11.6 Å². The van der Waals surface area contributed by atoms with E-state index in [1.54, 1.807) is 30.0 Å². The Morgan fingerprint density at radius 3 is 2.27 bits per heavy atom. The number of hydrogen-bond acceptors (Lipinski definition) is 7. The first-order valence-electron chi connectivity index (χ1n) is 10.5. The van der Waals surface area contributed by atoms with E-state index in [2.05, 4.69) is 0 Å². The number of nitrogens with zero attached hydrogens (tertiary/aromatic N) is 2. The van der Waals surface area contributed by atoms with E-state index in [1.807, 2.05) is 6.07 Å². The van der Waals surface area contributed by atoms with Crippen LogP contribution in [0.3, 0.4) is 0 Å². The lowest BCUT2D eigenvalue weighted by Gasteiger charge is -2.31. The molecule has 0 atom stereocenters. The summed E-state index contributed by atoms with van der Waals surface area (Å²) in [5.74, 6) is 0.403. The Bertz CT molecular complexity index is 1050. The quantitative estimate of drug-likeness (QED) is 0.442. The van der Waals surface area contributed by atoms with E-state index in [-0.39, 0.29) is 22.4 Å². The van der Waals surface area contributed by atoms with Crippen LogP contribution in [-0.4, -0.2) is 50.7 Å². The van der Waals surface area contributed by atoms with Crippen LogP contribution in [0.15, 0.2) is 30.3 Å². The molecule has 1 heterocycles. The van der Waals surface area contributed by atoms with E-state index in [1.165, 1.54) is 26.4 Å². The Labute approximate surface area is 197 Å².